The van der Waals surface area contributed by atoms with Gasteiger partial charge in [-0.3, -0.25) is 0 Å². The molecule has 0 saturated heterocycles. The van der Waals surface area contributed by atoms with Crippen LogP contribution >= 0.6 is 0 Å². The average molecular weight is 310 g/mol. The van der Waals surface area contributed by atoms with Crippen molar-refractivity contribution in [3.05, 3.63) is 47.5 Å². The Morgan fingerprint density at radius 2 is 1.26 bits per heavy atom. The number of carbonyl (C=O) groups excluding carboxylic acids is 2. The monoisotopic (exact) mass is 310 g/mol. The van der Waals surface area contributed by atoms with Crippen molar-refractivity contribution in [2.45, 2.75) is 13.8 Å². The van der Waals surface area contributed by atoms with Crippen LogP contribution in [0.15, 0.2) is 46.4 Å². The van der Waals surface area contributed by atoms with E-state index < -0.39 is 0 Å². The van der Waals surface area contributed by atoms with Crippen LogP contribution in [0.25, 0.3) is 0 Å². The minimum Gasteiger partial charge on any atom is -0.455 e. The molecule has 0 amide bonds. The zero-order chi connectivity index (χ0) is 16.7. The summed E-state index contributed by atoms with van der Waals surface area (Å²) >= 11 is 0. The molecule has 2 rings (SSSR count). The molecule has 0 aromatic heterocycles. The molecule has 0 heterocycles. The van der Waals surface area contributed by atoms with Gasteiger partial charge < -0.3 is 9.47 Å². The van der Waals surface area contributed by atoms with Gasteiger partial charge in [-0.1, -0.05) is 12.1 Å². The Morgan fingerprint density at radius 3 is 1.65 bits per heavy atom. The molecule has 0 aliphatic heterocycles. The maximum absolute atomic E-state index is 10.5. The predicted octanol–water partition coefficient (Wildman–Crippen LogP) is 3.65. The summed E-state index contributed by atoms with van der Waals surface area (Å²) in [6.07, 6.45) is 2.98. The Labute approximate surface area is 133 Å². The van der Waals surface area contributed by atoms with E-state index in [1.54, 1.807) is 24.3 Å². The molecule has 6 nitrogen and oxygen atoms in total. The number of aliphatic imine (C=N–C) groups is 2. The Kier molecular flexibility index (Phi) is 5.42. The molecule has 0 fully saturated rings. The molecule has 2 aromatic carbocycles. The topological polar surface area (TPSA) is 77.3 Å². The number of hydrogen-bond acceptors (Lipinski definition) is 6. The lowest BCUT2D eigenvalue weighted by Gasteiger charge is -2.11. The van der Waals surface area contributed by atoms with Crippen LogP contribution in [0, 0.1) is 13.8 Å². The minimum atomic E-state index is -0.130. The number of ether oxygens (including phenoxy) is 2. The van der Waals surface area contributed by atoms with Crippen LogP contribution in [-0.2, 0) is 9.59 Å². The second kappa shape index (κ2) is 7.71. The van der Waals surface area contributed by atoms with Crippen molar-refractivity contribution in [3.63, 3.8) is 0 Å². The first-order chi connectivity index (χ1) is 11.1. The Balaban J connectivity index is 2.11. The van der Waals surface area contributed by atoms with Gasteiger partial charge in [0.05, 0.1) is 0 Å². The number of hydrogen-bond donors (Lipinski definition) is 0. The van der Waals surface area contributed by atoms with Crippen LogP contribution in [0.5, 0.6) is 11.5 Å². The predicted molar refractivity (Wildman–Crippen MR) is 84.0 cm³/mol. The number of nitrogens with zero attached hydrogens (tertiary/aromatic N) is 2. The molecular formula is C17H14N2O4. The molecule has 0 aliphatic carbocycles. The third-order valence-corrected chi connectivity index (χ3v) is 2.99. The fourth-order valence-corrected chi connectivity index (χ4v) is 1.93. The molecule has 0 unspecified atom stereocenters. The highest BCUT2D eigenvalue weighted by Crippen LogP contribution is 2.30. The quantitative estimate of drug-likeness (QED) is 0.463. The van der Waals surface area contributed by atoms with Crippen molar-refractivity contribution in [3.8, 4) is 11.5 Å². The van der Waals surface area contributed by atoms with Crippen LogP contribution in [0.2, 0.25) is 0 Å². The second-order valence-electron chi connectivity index (χ2n) is 4.76. The van der Waals surface area contributed by atoms with Crippen molar-refractivity contribution < 1.29 is 19.1 Å². The van der Waals surface area contributed by atoms with Gasteiger partial charge in [0.25, 0.3) is 0 Å². The lowest BCUT2D eigenvalue weighted by Crippen LogP contribution is -2.06. The van der Waals surface area contributed by atoms with E-state index in [-0.39, 0.29) is 6.79 Å². The van der Waals surface area contributed by atoms with E-state index in [0.717, 1.165) is 11.1 Å². The summed E-state index contributed by atoms with van der Waals surface area (Å²) in [6, 6.07) is 10.4. The van der Waals surface area contributed by atoms with Gasteiger partial charge in [-0.15, -0.1) is 0 Å². The van der Waals surface area contributed by atoms with Crippen LogP contribution in [0.4, 0.5) is 11.4 Å². The zero-order valence-corrected chi connectivity index (χ0v) is 12.7. The van der Waals surface area contributed by atoms with E-state index in [1.165, 1.54) is 12.2 Å². The number of isocyanates is 2. The van der Waals surface area contributed by atoms with Crippen molar-refractivity contribution in [1.29, 1.82) is 0 Å². The van der Waals surface area contributed by atoms with Crippen LogP contribution < -0.4 is 9.47 Å². The molecule has 0 radical (unpaired) electrons. The summed E-state index contributed by atoms with van der Waals surface area (Å²) in [7, 11) is 0. The third-order valence-electron chi connectivity index (χ3n) is 2.99. The third kappa shape index (κ3) is 4.38. The Bertz CT molecular complexity index is 737. The summed E-state index contributed by atoms with van der Waals surface area (Å²) in [6.45, 7) is 3.62. The lowest BCUT2D eigenvalue weighted by atomic mass is 10.2. The largest absolute Gasteiger partial charge is 0.455 e. The Morgan fingerprint density at radius 1 is 0.826 bits per heavy atom. The first-order valence-electron chi connectivity index (χ1n) is 6.76. The van der Waals surface area contributed by atoms with Gasteiger partial charge >= 0.3 is 0 Å². The van der Waals surface area contributed by atoms with Crippen LogP contribution in [0.1, 0.15) is 11.1 Å². The molecule has 0 aliphatic rings. The zero-order valence-electron chi connectivity index (χ0n) is 12.7. The second-order valence-corrected chi connectivity index (χ2v) is 4.76. The molecule has 0 spiro atoms. The number of aryl methyl sites for hydroxylation is 2. The summed E-state index contributed by atoms with van der Waals surface area (Å²) in [5.41, 5.74) is 2.62. The van der Waals surface area contributed by atoms with Gasteiger partial charge in [0.15, 0.2) is 0 Å². The summed E-state index contributed by atoms with van der Waals surface area (Å²) in [5, 5.41) is 0. The fraction of sp³-hybridized carbons (Fsp3) is 0.176. The molecule has 0 N–H and O–H groups in total. The summed E-state index contributed by atoms with van der Waals surface area (Å²) < 4.78 is 11.0. The molecule has 0 atom stereocenters. The fourth-order valence-electron chi connectivity index (χ4n) is 1.93. The van der Waals surface area contributed by atoms with E-state index in [9.17, 15) is 9.59 Å². The first-order valence-corrected chi connectivity index (χ1v) is 6.76. The smallest absolute Gasteiger partial charge is 0.240 e. The van der Waals surface area contributed by atoms with Gasteiger partial charge in [-0.25, -0.2) is 9.59 Å². The van der Waals surface area contributed by atoms with Crippen molar-refractivity contribution in [2.24, 2.45) is 9.98 Å². The van der Waals surface area contributed by atoms with Gasteiger partial charge in [0.2, 0.25) is 19.0 Å². The molecule has 0 saturated carbocycles. The van der Waals surface area contributed by atoms with E-state index >= 15 is 0 Å². The molecule has 116 valence electrons. The van der Waals surface area contributed by atoms with Crippen LogP contribution in [-0.4, -0.2) is 19.0 Å². The number of rotatable bonds is 6. The van der Waals surface area contributed by atoms with Crippen LogP contribution in [0.3, 0.4) is 0 Å². The first kappa shape index (κ1) is 16.2. The summed E-state index contributed by atoms with van der Waals surface area (Å²) in [4.78, 5) is 28.1. The van der Waals surface area contributed by atoms with Crippen molar-refractivity contribution in [1.82, 2.24) is 0 Å². The van der Waals surface area contributed by atoms with Crippen molar-refractivity contribution in [2.75, 3.05) is 6.79 Å². The maximum Gasteiger partial charge on any atom is 0.240 e. The summed E-state index contributed by atoms with van der Waals surface area (Å²) in [5.74, 6) is 0.790. The average Bonchev–Trinajstić information content (AvgIpc) is 2.52. The SMILES string of the molecule is Cc1ccc(OCOc2ccc(C)cc2N=C=O)c(N=C=O)c1. The van der Waals surface area contributed by atoms with E-state index in [2.05, 4.69) is 9.98 Å². The van der Waals surface area contributed by atoms with E-state index in [0.29, 0.717) is 22.9 Å². The molecular weight excluding hydrogens is 296 g/mol. The lowest BCUT2D eigenvalue weighted by molar-refractivity contribution is 0.121. The van der Waals surface area contributed by atoms with E-state index in [1.807, 2.05) is 26.0 Å². The standard InChI is InChI=1S/C17H14N2O4/c1-12-3-5-16(14(7-12)18-9-20)22-11-23-17-6-4-13(2)8-15(17)19-10-21/h3-8H,11H2,1-2H3. The van der Waals surface area contributed by atoms with Crippen molar-refractivity contribution >= 4 is 23.5 Å². The minimum absolute atomic E-state index is 0.130. The van der Waals surface area contributed by atoms with E-state index in [4.69, 9.17) is 9.47 Å². The number of benzene rings is 2. The van der Waals surface area contributed by atoms with Gasteiger partial charge in [-0.05, 0) is 49.2 Å². The highest BCUT2D eigenvalue weighted by atomic mass is 16.7. The van der Waals surface area contributed by atoms with Gasteiger partial charge in [-0.2, -0.15) is 9.98 Å². The Hall–Kier alpha value is -3.20. The van der Waals surface area contributed by atoms with Gasteiger partial charge in [0.1, 0.15) is 22.9 Å². The molecule has 2 aromatic rings. The molecule has 23 heavy (non-hydrogen) atoms. The highest BCUT2D eigenvalue weighted by molar-refractivity contribution is 5.60. The highest BCUT2D eigenvalue weighted by Gasteiger charge is 2.06. The van der Waals surface area contributed by atoms with Gasteiger partial charge in [0, 0.05) is 0 Å². The molecule has 6 heteroatoms. The maximum atomic E-state index is 10.5. The molecule has 0 bridgehead atoms. The normalized spacial score (nSPS) is 9.48.